The summed E-state index contributed by atoms with van der Waals surface area (Å²) in [7, 11) is 0. The van der Waals surface area contributed by atoms with Gasteiger partial charge < -0.3 is 18.9 Å². The highest BCUT2D eigenvalue weighted by Gasteiger charge is 2.57. The Morgan fingerprint density at radius 2 is 1.50 bits per heavy atom. The SMILES string of the molecule is CCOC1CCC(C23COC(c4cc(F)c(F)c(F)c4)(OC2)OC3)CC1. The van der Waals surface area contributed by atoms with Gasteiger partial charge >= 0.3 is 5.97 Å². The summed E-state index contributed by atoms with van der Waals surface area (Å²) in [6.45, 7) is 3.89. The Bertz CT molecular complexity index is 625. The lowest BCUT2D eigenvalue weighted by molar-refractivity contribution is -0.486. The predicted molar refractivity (Wildman–Crippen MR) is 85.7 cm³/mol. The molecule has 0 atom stereocenters. The molecule has 4 aliphatic rings. The van der Waals surface area contributed by atoms with Crippen molar-refractivity contribution in [3.05, 3.63) is 35.1 Å². The minimum atomic E-state index is -1.65. The van der Waals surface area contributed by atoms with E-state index < -0.39 is 23.4 Å². The lowest BCUT2D eigenvalue weighted by atomic mass is 9.68. The van der Waals surface area contributed by atoms with Crippen molar-refractivity contribution < 1.29 is 32.1 Å². The quantitative estimate of drug-likeness (QED) is 0.752. The van der Waals surface area contributed by atoms with E-state index in [1.54, 1.807) is 0 Å². The van der Waals surface area contributed by atoms with Crippen molar-refractivity contribution in [3.8, 4) is 0 Å². The minimum absolute atomic E-state index is 0.00209. The van der Waals surface area contributed by atoms with Crippen LogP contribution in [0, 0.1) is 28.8 Å². The van der Waals surface area contributed by atoms with Gasteiger partial charge in [-0.25, -0.2) is 13.2 Å². The second-order valence-corrected chi connectivity index (χ2v) is 7.47. The van der Waals surface area contributed by atoms with Crippen molar-refractivity contribution in [2.45, 2.75) is 44.7 Å². The Balaban J connectivity index is 1.47. The van der Waals surface area contributed by atoms with Crippen LogP contribution < -0.4 is 0 Å². The number of halogens is 3. The first-order valence-electron chi connectivity index (χ1n) is 9.16. The molecule has 0 unspecified atom stereocenters. The lowest BCUT2D eigenvalue weighted by Crippen LogP contribution is -2.61. The maximum absolute atomic E-state index is 13.6. The molecule has 1 aliphatic carbocycles. The van der Waals surface area contributed by atoms with E-state index in [0.717, 1.165) is 44.4 Å². The van der Waals surface area contributed by atoms with Gasteiger partial charge in [0.25, 0.3) is 0 Å². The van der Waals surface area contributed by atoms with Gasteiger partial charge in [0.05, 0.1) is 25.9 Å². The average Bonchev–Trinajstić information content (AvgIpc) is 2.68. The van der Waals surface area contributed by atoms with Crippen molar-refractivity contribution in [1.29, 1.82) is 0 Å². The van der Waals surface area contributed by atoms with Crippen molar-refractivity contribution in [2.24, 2.45) is 11.3 Å². The van der Waals surface area contributed by atoms with E-state index in [-0.39, 0.29) is 11.0 Å². The lowest BCUT2D eigenvalue weighted by Gasteiger charge is -2.55. The predicted octanol–water partition coefficient (Wildman–Crippen LogP) is 3.87. The molecule has 0 spiro atoms. The van der Waals surface area contributed by atoms with Crippen LogP contribution in [0.2, 0.25) is 0 Å². The Morgan fingerprint density at radius 3 is 2.00 bits per heavy atom. The number of rotatable bonds is 4. The number of benzene rings is 1. The number of fused-ring (bicyclic) bond motifs is 3. The first kappa shape index (κ1) is 18.2. The fourth-order valence-corrected chi connectivity index (χ4v) is 4.38. The van der Waals surface area contributed by atoms with E-state index in [9.17, 15) is 13.2 Å². The molecule has 4 fully saturated rings. The second-order valence-electron chi connectivity index (χ2n) is 7.47. The van der Waals surface area contributed by atoms with E-state index >= 15 is 0 Å². The summed E-state index contributed by atoms with van der Waals surface area (Å²) in [5.74, 6) is -5.36. The molecule has 1 aromatic rings. The van der Waals surface area contributed by atoms with E-state index in [2.05, 4.69) is 0 Å². The van der Waals surface area contributed by atoms with Crippen molar-refractivity contribution >= 4 is 0 Å². The van der Waals surface area contributed by atoms with Crippen LogP contribution in [0.4, 0.5) is 13.2 Å². The van der Waals surface area contributed by atoms with Crippen molar-refractivity contribution in [2.75, 3.05) is 26.4 Å². The van der Waals surface area contributed by atoms with Crippen LogP contribution >= 0.6 is 0 Å². The Labute approximate surface area is 150 Å². The monoisotopic (exact) mass is 372 g/mol. The summed E-state index contributed by atoms with van der Waals surface area (Å²) in [4.78, 5) is 0. The molecule has 3 heterocycles. The standard InChI is InChI=1S/C19H23F3O4/c1-2-23-14-5-3-12(4-6-14)18-9-24-19(25-10-18,26-11-18)13-7-15(20)17(22)16(21)8-13/h7-8,12,14H,2-6,9-11H2,1H3. The van der Waals surface area contributed by atoms with Crippen LogP contribution in [-0.4, -0.2) is 32.5 Å². The Kier molecular flexibility index (Phi) is 4.75. The highest BCUT2D eigenvalue weighted by Crippen LogP contribution is 2.51. The van der Waals surface area contributed by atoms with Crippen LogP contribution in [0.3, 0.4) is 0 Å². The smallest absolute Gasteiger partial charge is 0.312 e. The molecule has 3 saturated heterocycles. The molecule has 3 aliphatic heterocycles. The highest BCUT2D eigenvalue weighted by molar-refractivity contribution is 5.23. The summed E-state index contributed by atoms with van der Waals surface area (Å²) in [6, 6.07) is 1.73. The molecular weight excluding hydrogens is 349 g/mol. The molecule has 5 rings (SSSR count). The zero-order valence-electron chi connectivity index (χ0n) is 14.7. The summed E-state index contributed by atoms with van der Waals surface area (Å²) in [5.41, 5.74) is -0.252. The molecule has 144 valence electrons. The molecule has 2 bridgehead atoms. The molecule has 1 saturated carbocycles. The van der Waals surface area contributed by atoms with Gasteiger partial charge in [0.1, 0.15) is 0 Å². The van der Waals surface area contributed by atoms with Gasteiger partial charge in [0, 0.05) is 17.6 Å². The molecule has 0 amide bonds. The van der Waals surface area contributed by atoms with E-state index in [1.165, 1.54) is 0 Å². The van der Waals surface area contributed by atoms with Gasteiger partial charge in [-0.2, -0.15) is 0 Å². The van der Waals surface area contributed by atoms with Gasteiger partial charge in [-0.1, -0.05) is 0 Å². The maximum atomic E-state index is 13.6. The number of ether oxygens (including phenoxy) is 4. The van der Waals surface area contributed by atoms with Gasteiger partial charge in [0.15, 0.2) is 17.5 Å². The molecule has 4 nitrogen and oxygen atoms in total. The highest BCUT2D eigenvalue weighted by atomic mass is 19.2. The number of hydrogen-bond donors (Lipinski definition) is 0. The third kappa shape index (κ3) is 2.95. The third-order valence-electron chi connectivity index (χ3n) is 5.93. The van der Waals surface area contributed by atoms with Crippen LogP contribution in [0.25, 0.3) is 0 Å². The van der Waals surface area contributed by atoms with E-state index in [0.29, 0.717) is 31.8 Å². The number of hydrogen-bond acceptors (Lipinski definition) is 4. The summed E-state index contributed by atoms with van der Waals surface area (Å²) in [6.07, 6.45) is 4.33. The zero-order chi connectivity index (χ0) is 18.4. The molecule has 7 heteroatoms. The average molecular weight is 372 g/mol. The van der Waals surface area contributed by atoms with Crippen molar-refractivity contribution in [3.63, 3.8) is 0 Å². The summed E-state index contributed by atoms with van der Waals surface area (Å²) >= 11 is 0. The molecule has 1 aromatic carbocycles. The largest absolute Gasteiger partial charge is 0.379 e. The Hall–Kier alpha value is -1.15. The zero-order valence-corrected chi connectivity index (χ0v) is 14.7. The second kappa shape index (κ2) is 6.78. The fraction of sp³-hybridized carbons (Fsp3) is 0.684. The summed E-state index contributed by atoms with van der Waals surface area (Å²) < 4.78 is 63.5. The first-order valence-corrected chi connectivity index (χ1v) is 9.16. The molecule has 0 aromatic heterocycles. The van der Waals surface area contributed by atoms with E-state index in [1.807, 2.05) is 6.92 Å². The van der Waals surface area contributed by atoms with Crippen LogP contribution in [0.1, 0.15) is 38.2 Å². The van der Waals surface area contributed by atoms with Crippen molar-refractivity contribution in [1.82, 2.24) is 0 Å². The summed E-state index contributed by atoms with van der Waals surface area (Å²) in [5, 5.41) is 0. The molecule has 26 heavy (non-hydrogen) atoms. The Morgan fingerprint density at radius 1 is 0.962 bits per heavy atom. The van der Waals surface area contributed by atoms with Gasteiger partial charge in [-0.15, -0.1) is 0 Å². The maximum Gasteiger partial charge on any atom is 0.312 e. The normalized spacial score (nSPS) is 37.1. The molecule has 0 N–H and O–H groups in total. The van der Waals surface area contributed by atoms with Gasteiger partial charge in [-0.05, 0) is 50.7 Å². The van der Waals surface area contributed by atoms with Gasteiger partial charge in [0.2, 0.25) is 0 Å². The van der Waals surface area contributed by atoms with Crippen LogP contribution in [0.15, 0.2) is 12.1 Å². The van der Waals surface area contributed by atoms with E-state index in [4.69, 9.17) is 18.9 Å². The third-order valence-corrected chi connectivity index (χ3v) is 5.93. The molecular formula is C19H23F3O4. The fourth-order valence-electron chi connectivity index (χ4n) is 4.38. The first-order chi connectivity index (χ1) is 12.5. The van der Waals surface area contributed by atoms with Gasteiger partial charge in [-0.3, -0.25) is 0 Å². The van der Waals surface area contributed by atoms with Crippen LogP contribution in [0.5, 0.6) is 0 Å². The minimum Gasteiger partial charge on any atom is -0.379 e. The molecule has 0 radical (unpaired) electrons. The topological polar surface area (TPSA) is 36.9 Å². The van der Waals surface area contributed by atoms with Crippen LogP contribution in [-0.2, 0) is 24.9 Å².